The molecule has 3 N–H and O–H groups in total. The van der Waals surface area contributed by atoms with Gasteiger partial charge in [0.2, 0.25) is 0 Å². The summed E-state index contributed by atoms with van der Waals surface area (Å²) in [4.78, 5) is 25.1. The fourth-order valence-corrected chi connectivity index (χ4v) is 2.80. The third kappa shape index (κ3) is 5.21. The molecule has 0 fully saturated rings. The first-order valence-electron chi connectivity index (χ1n) is 6.62. The average molecular weight is 298 g/mol. The van der Waals surface area contributed by atoms with E-state index < -0.39 is 18.0 Å². The third-order valence-electron chi connectivity index (χ3n) is 2.95. The van der Waals surface area contributed by atoms with Crippen molar-refractivity contribution < 1.29 is 14.7 Å². The number of aryl methyl sites for hydroxylation is 2. The predicted octanol–water partition coefficient (Wildman–Crippen LogP) is 2.66. The summed E-state index contributed by atoms with van der Waals surface area (Å²) in [5.41, 5.74) is 1.20. The number of carboxylic acid groups (broad SMARTS) is 1. The van der Waals surface area contributed by atoms with E-state index in [0.717, 1.165) is 4.88 Å². The maximum absolute atomic E-state index is 11.7. The molecule has 0 aliphatic heterocycles. The summed E-state index contributed by atoms with van der Waals surface area (Å²) in [7, 11) is 0. The van der Waals surface area contributed by atoms with Crippen LogP contribution in [0.4, 0.5) is 4.79 Å². The van der Waals surface area contributed by atoms with E-state index in [1.54, 1.807) is 11.3 Å². The second-order valence-electron chi connectivity index (χ2n) is 5.30. The highest BCUT2D eigenvalue weighted by Gasteiger charge is 2.20. The minimum atomic E-state index is -1.00. The second-order valence-corrected chi connectivity index (χ2v) is 6.64. The van der Waals surface area contributed by atoms with E-state index in [-0.39, 0.29) is 5.92 Å². The summed E-state index contributed by atoms with van der Waals surface area (Å²) in [5.74, 6) is -0.796. The Morgan fingerprint density at radius 1 is 1.35 bits per heavy atom. The zero-order chi connectivity index (χ0) is 15.3. The van der Waals surface area contributed by atoms with E-state index in [1.165, 1.54) is 10.4 Å². The van der Waals surface area contributed by atoms with E-state index in [1.807, 2.05) is 33.8 Å². The Kier molecular flexibility index (Phi) is 6.01. The molecule has 0 spiro atoms. The molecule has 6 heteroatoms. The van der Waals surface area contributed by atoms with Gasteiger partial charge >= 0.3 is 12.0 Å². The van der Waals surface area contributed by atoms with Crippen molar-refractivity contribution in [3.05, 3.63) is 21.4 Å². The molecule has 1 aromatic rings. The van der Waals surface area contributed by atoms with Crippen LogP contribution in [0.1, 0.15) is 35.6 Å². The smallest absolute Gasteiger partial charge is 0.326 e. The van der Waals surface area contributed by atoms with E-state index in [4.69, 9.17) is 5.11 Å². The monoisotopic (exact) mass is 298 g/mol. The molecule has 112 valence electrons. The number of carbonyl (C=O) groups excluding carboxylic acids is 1. The molecule has 2 amide bonds. The van der Waals surface area contributed by atoms with E-state index in [2.05, 4.69) is 10.6 Å². The number of hydrogen-bond donors (Lipinski definition) is 3. The molecule has 1 heterocycles. The summed E-state index contributed by atoms with van der Waals surface area (Å²) >= 11 is 1.63. The molecule has 1 atom stereocenters. The van der Waals surface area contributed by atoms with Crippen LogP contribution in [0.2, 0.25) is 0 Å². The van der Waals surface area contributed by atoms with Crippen LogP contribution in [-0.2, 0) is 11.3 Å². The Labute approximate surface area is 123 Å². The number of aliphatic carboxylic acids is 1. The third-order valence-corrected chi connectivity index (χ3v) is 4.10. The van der Waals surface area contributed by atoms with Gasteiger partial charge in [0.15, 0.2) is 0 Å². The molecule has 5 nitrogen and oxygen atoms in total. The van der Waals surface area contributed by atoms with Gasteiger partial charge in [0.25, 0.3) is 0 Å². The highest BCUT2D eigenvalue weighted by Crippen LogP contribution is 2.20. The molecule has 1 rings (SSSR count). The van der Waals surface area contributed by atoms with Gasteiger partial charge < -0.3 is 15.7 Å². The van der Waals surface area contributed by atoms with Crippen LogP contribution >= 0.6 is 11.3 Å². The van der Waals surface area contributed by atoms with Gasteiger partial charge in [-0.1, -0.05) is 13.8 Å². The van der Waals surface area contributed by atoms with Crippen LogP contribution in [-0.4, -0.2) is 23.1 Å². The van der Waals surface area contributed by atoms with Crippen molar-refractivity contribution in [3.63, 3.8) is 0 Å². The van der Waals surface area contributed by atoms with Crippen molar-refractivity contribution in [2.24, 2.45) is 5.92 Å². The van der Waals surface area contributed by atoms with Crippen LogP contribution in [0, 0.1) is 19.8 Å². The zero-order valence-electron chi connectivity index (χ0n) is 12.3. The Morgan fingerprint density at radius 2 is 2.00 bits per heavy atom. The minimum Gasteiger partial charge on any atom is -0.480 e. The average Bonchev–Trinajstić information content (AvgIpc) is 2.65. The maximum atomic E-state index is 11.7. The summed E-state index contributed by atoms with van der Waals surface area (Å²) in [6, 6.07) is 0.742. The molecule has 1 aromatic heterocycles. The Morgan fingerprint density at radius 3 is 2.45 bits per heavy atom. The van der Waals surface area contributed by atoms with Crippen LogP contribution in [0.15, 0.2) is 6.07 Å². The Balaban J connectivity index is 2.47. The van der Waals surface area contributed by atoms with Crippen molar-refractivity contribution in [2.45, 2.75) is 46.7 Å². The number of carbonyl (C=O) groups is 2. The SMILES string of the molecule is Cc1cc(CNC(=O)NC(CC(C)C)C(=O)O)sc1C. The number of urea groups is 1. The summed E-state index contributed by atoms with van der Waals surface area (Å²) in [6.45, 7) is 8.32. The fraction of sp³-hybridized carbons (Fsp3) is 0.571. The van der Waals surface area contributed by atoms with Crippen LogP contribution < -0.4 is 10.6 Å². The molecule has 20 heavy (non-hydrogen) atoms. The molecule has 0 radical (unpaired) electrons. The maximum Gasteiger partial charge on any atom is 0.326 e. The van der Waals surface area contributed by atoms with Gasteiger partial charge in [-0.05, 0) is 37.8 Å². The molecule has 0 aliphatic carbocycles. The molecule has 0 saturated heterocycles. The van der Waals surface area contributed by atoms with Crippen molar-refractivity contribution in [1.29, 1.82) is 0 Å². The topological polar surface area (TPSA) is 78.4 Å². The number of thiophene rings is 1. The first-order valence-corrected chi connectivity index (χ1v) is 7.44. The van der Waals surface area contributed by atoms with Crippen molar-refractivity contribution in [3.8, 4) is 0 Å². The number of hydrogen-bond acceptors (Lipinski definition) is 3. The first kappa shape index (κ1) is 16.5. The first-order chi connectivity index (χ1) is 9.29. The lowest BCUT2D eigenvalue weighted by molar-refractivity contribution is -0.139. The molecule has 0 aliphatic rings. The fourth-order valence-electron chi connectivity index (χ4n) is 1.81. The summed E-state index contributed by atoms with van der Waals surface area (Å²) < 4.78 is 0. The standard InChI is InChI=1S/C14H22N2O3S/c1-8(2)5-12(13(17)18)16-14(19)15-7-11-6-9(3)10(4)20-11/h6,8,12H,5,7H2,1-4H3,(H,17,18)(H2,15,16,19). The van der Waals surface area contributed by atoms with Crippen LogP contribution in [0.5, 0.6) is 0 Å². The largest absolute Gasteiger partial charge is 0.480 e. The van der Waals surface area contributed by atoms with Gasteiger partial charge in [-0.3, -0.25) is 0 Å². The predicted molar refractivity (Wildman–Crippen MR) is 80.0 cm³/mol. The molecule has 0 aromatic carbocycles. The highest BCUT2D eigenvalue weighted by atomic mass is 32.1. The van der Waals surface area contributed by atoms with Crippen LogP contribution in [0.3, 0.4) is 0 Å². The molecule has 1 unspecified atom stereocenters. The molecular formula is C14H22N2O3S. The van der Waals surface area contributed by atoms with Crippen molar-refractivity contribution >= 4 is 23.3 Å². The quantitative estimate of drug-likeness (QED) is 0.755. The van der Waals surface area contributed by atoms with Gasteiger partial charge in [0.05, 0.1) is 6.54 Å². The van der Waals surface area contributed by atoms with Gasteiger partial charge in [0, 0.05) is 9.75 Å². The second kappa shape index (κ2) is 7.28. The Hall–Kier alpha value is -1.56. The van der Waals surface area contributed by atoms with Gasteiger partial charge in [-0.25, -0.2) is 9.59 Å². The van der Waals surface area contributed by atoms with Crippen LogP contribution in [0.25, 0.3) is 0 Å². The number of rotatable bonds is 6. The summed E-state index contributed by atoms with van der Waals surface area (Å²) in [6.07, 6.45) is 0.417. The minimum absolute atomic E-state index is 0.207. The molecule has 0 saturated carbocycles. The van der Waals surface area contributed by atoms with Crippen molar-refractivity contribution in [2.75, 3.05) is 0 Å². The van der Waals surface area contributed by atoms with Gasteiger partial charge in [0.1, 0.15) is 6.04 Å². The highest BCUT2D eigenvalue weighted by molar-refractivity contribution is 7.12. The van der Waals surface area contributed by atoms with E-state index in [0.29, 0.717) is 13.0 Å². The van der Waals surface area contributed by atoms with Gasteiger partial charge in [-0.15, -0.1) is 11.3 Å². The molecular weight excluding hydrogens is 276 g/mol. The summed E-state index contributed by atoms with van der Waals surface area (Å²) in [5, 5.41) is 14.2. The van der Waals surface area contributed by atoms with E-state index in [9.17, 15) is 9.59 Å². The lowest BCUT2D eigenvalue weighted by Gasteiger charge is -2.16. The lowest BCUT2D eigenvalue weighted by atomic mass is 10.0. The normalized spacial score (nSPS) is 12.2. The van der Waals surface area contributed by atoms with Crippen molar-refractivity contribution in [1.82, 2.24) is 10.6 Å². The Bertz CT molecular complexity index is 463. The number of amides is 2. The van der Waals surface area contributed by atoms with Gasteiger partial charge in [-0.2, -0.15) is 0 Å². The molecule has 0 bridgehead atoms. The zero-order valence-corrected chi connectivity index (χ0v) is 13.1. The number of carboxylic acids is 1. The van der Waals surface area contributed by atoms with E-state index >= 15 is 0 Å². The number of nitrogens with one attached hydrogen (secondary N) is 2. The lowest BCUT2D eigenvalue weighted by Crippen LogP contribution is -2.46.